The van der Waals surface area contributed by atoms with Crippen LogP contribution >= 0.6 is 0 Å². The van der Waals surface area contributed by atoms with Gasteiger partial charge < -0.3 is 10.2 Å². The zero-order valence-corrected chi connectivity index (χ0v) is 25.3. The first kappa shape index (κ1) is 35.9. The Labute approximate surface area is 228 Å². The van der Waals surface area contributed by atoms with Crippen molar-refractivity contribution in [2.24, 2.45) is 0 Å². The molecule has 0 saturated carbocycles. The summed E-state index contributed by atoms with van der Waals surface area (Å²) in [5, 5.41) is 20.5. The number of aliphatic hydroxyl groups is 2. The average molecular weight is 511 g/mol. The van der Waals surface area contributed by atoms with E-state index in [1.807, 2.05) is 0 Å². The van der Waals surface area contributed by atoms with Gasteiger partial charge in [-0.2, -0.15) is 0 Å². The number of hydrogen-bond acceptors (Lipinski definition) is 2. The quantitative estimate of drug-likeness (QED) is 0.0910. The maximum atomic E-state index is 10.3. The first-order valence-electron chi connectivity index (χ1n) is 17.1. The minimum Gasteiger partial charge on any atom is -0.390 e. The lowest BCUT2D eigenvalue weighted by Crippen LogP contribution is -2.25. The molecule has 0 spiro atoms. The standard InChI is InChI=1S/C34H70O2/c1-3-5-7-9-11-13-15-17-19-21-23-25-27-29-31-33(35)34(36)32-30-28-26-24-22-20-18-16-14-12-10-8-6-4-2/h33-36H,3-32H2,1-2H3. The molecule has 0 heterocycles. The van der Waals surface area contributed by atoms with Crippen molar-refractivity contribution in [1.29, 1.82) is 0 Å². The maximum Gasteiger partial charge on any atom is 0.0799 e. The van der Waals surface area contributed by atoms with Gasteiger partial charge in [0, 0.05) is 0 Å². The van der Waals surface area contributed by atoms with Gasteiger partial charge in [-0.05, 0) is 12.8 Å². The van der Waals surface area contributed by atoms with Gasteiger partial charge in [-0.3, -0.25) is 0 Å². The molecular formula is C34H70O2. The molecule has 0 fully saturated rings. The van der Waals surface area contributed by atoms with Crippen LogP contribution in [0.25, 0.3) is 0 Å². The number of aliphatic hydroxyl groups excluding tert-OH is 2. The second-order valence-corrected chi connectivity index (χ2v) is 11.9. The zero-order valence-electron chi connectivity index (χ0n) is 25.3. The normalized spacial score (nSPS) is 13.3. The van der Waals surface area contributed by atoms with Crippen LogP contribution in [-0.2, 0) is 0 Å². The van der Waals surface area contributed by atoms with Gasteiger partial charge in [-0.25, -0.2) is 0 Å². The molecule has 0 rings (SSSR count). The molecule has 218 valence electrons. The molecule has 0 aromatic rings. The van der Waals surface area contributed by atoms with Crippen LogP contribution in [0.15, 0.2) is 0 Å². The first-order valence-corrected chi connectivity index (χ1v) is 17.1. The molecule has 36 heavy (non-hydrogen) atoms. The Kier molecular flexibility index (Phi) is 31.1. The van der Waals surface area contributed by atoms with Crippen molar-refractivity contribution in [3.05, 3.63) is 0 Å². The SMILES string of the molecule is CCCCCCCCCCCCCCCCC(O)C(O)CCCCCCCCCCCCCCCC. The van der Waals surface area contributed by atoms with Crippen LogP contribution in [0.4, 0.5) is 0 Å². The summed E-state index contributed by atoms with van der Waals surface area (Å²) in [4.78, 5) is 0. The van der Waals surface area contributed by atoms with Gasteiger partial charge in [0.1, 0.15) is 0 Å². The van der Waals surface area contributed by atoms with Gasteiger partial charge in [0.25, 0.3) is 0 Å². The van der Waals surface area contributed by atoms with Crippen LogP contribution in [0.2, 0.25) is 0 Å². The summed E-state index contributed by atoms with van der Waals surface area (Å²) in [6.07, 6.45) is 38.6. The summed E-state index contributed by atoms with van der Waals surface area (Å²) >= 11 is 0. The van der Waals surface area contributed by atoms with E-state index < -0.39 is 12.2 Å². The number of unbranched alkanes of at least 4 members (excludes halogenated alkanes) is 26. The Bertz CT molecular complexity index is 347. The second-order valence-electron chi connectivity index (χ2n) is 11.9. The van der Waals surface area contributed by atoms with Gasteiger partial charge in [-0.15, -0.1) is 0 Å². The maximum absolute atomic E-state index is 10.3. The van der Waals surface area contributed by atoms with E-state index in [-0.39, 0.29) is 0 Å². The summed E-state index contributed by atoms with van der Waals surface area (Å²) in [5.41, 5.74) is 0. The molecular weight excluding hydrogens is 440 g/mol. The number of rotatable bonds is 31. The Balaban J connectivity index is 3.27. The van der Waals surface area contributed by atoms with E-state index >= 15 is 0 Å². The van der Waals surface area contributed by atoms with Crippen molar-refractivity contribution in [2.75, 3.05) is 0 Å². The van der Waals surface area contributed by atoms with Crippen LogP contribution in [-0.4, -0.2) is 22.4 Å². The Morgan fingerprint density at radius 2 is 0.444 bits per heavy atom. The molecule has 2 N–H and O–H groups in total. The molecule has 0 aromatic carbocycles. The van der Waals surface area contributed by atoms with E-state index in [0.717, 1.165) is 25.7 Å². The van der Waals surface area contributed by atoms with Gasteiger partial charge in [0.2, 0.25) is 0 Å². The lowest BCUT2D eigenvalue weighted by Gasteiger charge is -2.17. The topological polar surface area (TPSA) is 40.5 Å². The fraction of sp³-hybridized carbons (Fsp3) is 1.00. The lowest BCUT2D eigenvalue weighted by molar-refractivity contribution is 0.00711. The van der Waals surface area contributed by atoms with Crippen molar-refractivity contribution in [1.82, 2.24) is 0 Å². The molecule has 2 unspecified atom stereocenters. The zero-order chi connectivity index (χ0) is 26.4. The van der Waals surface area contributed by atoms with E-state index in [1.165, 1.54) is 167 Å². The smallest absolute Gasteiger partial charge is 0.0799 e. The third kappa shape index (κ3) is 28.5. The minimum absolute atomic E-state index is 0.510. The molecule has 0 radical (unpaired) electrons. The van der Waals surface area contributed by atoms with Gasteiger partial charge in [-0.1, -0.05) is 194 Å². The van der Waals surface area contributed by atoms with Crippen molar-refractivity contribution in [2.45, 2.75) is 219 Å². The predicted octanol–water partition coefficient (Wildman–Crippen LogP) is 11.5. The third-order valence-corrected chi connectivity index (χ3v) is 8.15. The minimum atomic E-state index is -0.510. The van der Waals surface area contributed by atoms with Crippen molar-refractivity contribution < 1.29 is 10.2 Å². The monoisotopic (exact) mass is 511 g/mol. The Morgan fingerprint density at radius 1 is 0.278 bits per heavy atom. The van der Waals surface area contributed by atoms with Gasteiger partial charge in [0.15, 0.2) is 0 Å². The molecule has 0 aliphatic rings. The highest BCUT2D eigenvalue weighted by atomic mass is 16.3. The van der Waals surface area contributed by atoms with E-state index in [9.17, 15) is 10.2 Å². The summed E-state index contributed by atoms with van der Waals surface area (Å²) in [6.45, 7) is 4.57. The second kappa shape index (κ2) is 31.1. The number of hydrogen-bond donors (Lipinski definition) is 2. The molecule has 2 heteroatoms. The highest BCUT2D eigenvalue weighted by Gasteiger charge is 2.15. The summed E-state index contributed by atoms with van der Waals surface area (Å²) < 4.78 is 0. The Hall–Kier alpha value is -0.0800. The molecule has 2 nitrogen and oxygen atoms in total. The van der Waals surface area contributed by atoms with Crippen LogP contribution in [0.3, 0.4) is 0 Å². The van der Waals surface area contributed by atoms with Crippen LogP contribution < -0.4 is 0 Å². The summed E-state index contributed by atoms with van der Waals surface area (Å²) in [5.74, 6) is 0. The van der Waals surface area contributed by atoms with Crippen molar-refractivity contribution in [3.8, 4) is 0 Å². The van der Waals surface area contributed by atoms with E-state index in [2.05, 4.69) is 13.8 Å². The molecule has 2 atom stereocenters. The fourth-order valence-electron chi connectivity index (χ4n) is 5.48. The van der Waals surface area contributed by atoms with Crippen LogP contribution in [0.1, 0.15) is 206 Å². The average Bonchev–Trinajstić information content (AvgIpc) is 2.88. The molecule has 0 aliphatic heterocycles. The molecule has 0 bridgehead atoms. The van der Waals surface area contributed by atoms with Crippen LogP contribution in [0, 0.1) is 0 Å². The summed E-state index contributed by atoms with van der Waals surface area (Å²) in [7, 11) is 0. The highest BCUT2D eigenvalue weighted by Crippen LogP contribution is 2.17. The van der Waals surface area contributed by atoms with Crippen molar-refractivity contribution in [3.63, 3.8) is 0 Å². The molecule has 0 amide bonds. The van der Waals surface area contributed by atoms with E-state index in [4.69, 9.17) is 0 Å². The fourth-order valence-corrected chi connectivity index (χ4v) is 5.48. The lowest BCUT2D eigenvalue weighted by atomic mass is 9.99. The van der Waals surface area contributed by atoms with Crippen molar-refractivity contribution >= 4 is 0 Å². The van der Waals surface area contributed by atoms with E-state index in [0.29, 0.717) is 0 Å². The predicted molar refractivity (Wildman–Crippen MR) is 162 cm³/mol. The Morgan fingerprint density at radius 3 is 0.639 bits per heavy atom. The van der Waals surface area contributed by atoms with Crippen LogP contribution in [0.5, 0.6) is 0 Å². The first-order chi connectivity index (χ1) is 17.7. The van der Waals surface area contributed by atoms with E-state index in [1.54, 1.807) is 0 Å². The molecule has 0 aliphatic carbocycles. The molecule has 0 saturated heterocycles. The third-order valence-electron chi connectivity index (χ3n) is 8.15. The highest BCUT2D eigenvalue weighted by molar-refractivity contribution is 4.67. The van der Waals surface area contributed by atoms with Gasteiger partial charge in [0.05, 0.1) is 12.2 Å². The summed E-state index contributed by atoms with van der Waals surface area (Å²) in [6, 6.07) is 0. The van der Waals surface area contributed by atoms with Gasteiger partial charge >= 0.3 is 0 Å². The largest absolute Gasteiger partial charge is 0.390 e. The molecule has 0 aromatic heterocycles.